The lowest BCUT2D eigenvalue weighted by Crippen LogP contribution is -2.42. The van der Waals surface area contributed by atoms with E-state index in [9.17, 15) is 9.90 Å². The third-order valence-corrected chi connectivity index (χ3v) is 3.13. The van der Waals surface area contributed by atoms with Crippen molar-refractivity contribution in [2.45, 2.75) is 31.8 Å². The highest BCUT2D eigenvalue weighted by molar-refractivity contribution is 5.79. The number of primary amides is 1. The first-order valence-electron chi connectivity index (χ1n) is 6.80. The van der Waals surface area contributed by atoms with E-state index in [-0.39, 0.29) is 17.8 Å². The van der Waals surface area contributed by atoms with Gasteiger partial charge in [-0.1, -0.05) is 12.1 Å². The minimum Gasteiger partial charge on any atom is -0.508 e. The fourth-order valence-electron chi connectivity index (χ4n) is 1.97. The van der Waals surface area contributed by atoms with Gasteiger partial charge >= 0.3 is 0 Å². The molecule has 0 heterocycles. The predicted octanol–water partition coefficient (Wildman–Crippen LogP) is -0.0497. The molecule has 0 saturated heterocycles. The number of amides is 1. The summed E-state index contributed by atoms with van der Waals surface area (Å²) in [5.41, 5.74) is 16.8. The number of benzene rings is 1. The van der Waals surface area contributed by atoms with Gasteiger partial charge in [-0.15, -0.1) is 0 Å². The second-order valence-electron chi connectivity index (χ2n) is 4.88. The number of nitrogens with one attached hydrogen (secondary N) is 1. The molecule has 1 rings (SSSR count). The molecular formula is C14H23N5O2. The Kier molecular flexibility index (Phi) is 6.48. The standard InChI is InChI=1S/C14H23N5O2/c1-9(10-4-6-11(20)7-5-10)19-12(13(15)21)3-2-8-18-14(16)17/h4-7,9,12,19-20H,2-3,8H2,1H3,(H2,15,21)(H4,16,17,18)/t9?,12-/m0/s1. The van der Waals surface area contributed by atoms with Gasteiger partial charge in [0.15, 0.2) is 5.96 Å². The van der Waals surface area contributed by atoms with Gasteiger partial charge in [-0.25, -0.2) is 0 Å². The number of guanidine groups is 1. The number of aromatic hydroxyl groups is 1. The summed E-state index contributed by atoms with van der Waals surface area (Å²) in [6.07, 6.45) is 1.20. The van der Waals surface area contributed by atoms with Gasteiger partial charge < -0.3 is 22.3 Å². The van der Waals surface area contributed by atoms with Gasteiger partial charge in [0.1, 0.15) is 5.75 Å². The maximum absolute atomic E-state index is 11.5. The molecule has 1 unspecified atom stereocenters. The molecule has 7 nitrogen and oxygen atoms in total. The van der Waals surface area contributed by atoms with Crippen molar-refractivity contribution in [3.05, 3.63) is 29.8 Å². The summed E-state index contributed by atoms with van der Waals surface area (Å²) in [5.74, 6) is -0.170. The SMILES string of the molecule is CC(N[C@@H](CCCN=C(N)N)C(N)=O)c1ccc(O)cc1. The lowest BCUT2D eigenvalue weighted by Gasteiger charge is -2.21. The van der Waals surface area contributed by atoms with E-state index in [0.717, 1.165) is 5.56 Å². The Labute approximate surface area is 124 Å². The highest BCUT2D eigenvalue weighted by Gasteiger charge is 2.18. The maximum Gasteiger partial charge on any atom is 0.234 e. The first-order valence-corrected chi connectivity index (χ1v) is 6.80. The van der Waals surface area contributed by atoms with Crippen LogP contribution in [-0.2, 0) is 4.79 Å². The number of phenols is 1. The molecule has 1 aromatic rings. The first-order chi connectivity index (χ1) is 9.90. The Bertz CT molecular complexity index is 483. The fraction of sp³-hybridized carbons (Fsp3) is 0.429. The minimum absolute atomic E-state index is 0.0380. The lowest BCUT2D eigenvalue weighted by molar-refractivity contribution is -0.120. The topological polar surface area (TPSA) is 140 Å². The van der Waals surface area contributed by atoms with Crippen LogP contribution >= 0.6 is 0 Å². The van der Waals surface area contributed by atoms with Crippen molar-refractivity contribution in [1.82, 2.24) is 5.32 Å². The third kappa shape index (κ3) is 6.13. The monoisotopic (exact) mass is 293 g/mol. The summed E-state index contributed by atoms with van der Waals surface area (Å²) in [6, 6.07) is 6.28. The van der Waals surface area contributed by atoms with Crippen molar-refractivity contribution < 1.29 is 9.90 Å². The summed E-state index contributed by atoms with van der Waals surface area (Å²) >= 11 is 0. The van der Waals surface area contributed by atoms with Gasteiger partial charge in [0, 0.05) is 12.6 Å². The molecule has 0 aliphatic heterocycles. The second-order valence-corrected chi connectivity index (χ2v) is 4.88. The highest BCUT2D eigenvalue weighted by atomic mass is 16.3. The van der Waals surface area contributed by atoms with Crippen molar-refractivity contribution in [1.29, 1.82) is 0 Å². The van der Waals surface area contributed by atoms with Gasteiger partial charge in [0.25, 0.3) is 0 Å². The van der Waals surface area contributed by atoms with Crippen LogP contribution in [0.3, 0.4) is 0 Å². The number of carbonyl (C=O) groups excluding carboxylic acids is 1. The van der Waals surface area contributed by atoms with E-state index in [4.69, 9.17) is 17.2 Å². The largest absolute Gasteiger partial charge is 0.508 e. The Morgan fingerprint density at radius 2 is 1.90 bits per heavy atom. The van der Waals surface area contributed by atoms with Crippen molar-refractivity contribution in [3.63, 3.8) is 0 Å². The molecule has 0 aliphatic rings. The Hall–Kier alpha value is -2.28. The molecule has 0 aliphatic carbocycles. The van der Waals surface area contributed by atoms with Gasteiger partial charge in [-0.05, 0) is 37.5 Å². The van der Waals surface area contributed by atoms with Crippen LogP contribution in [0.25, 0.3) is 0 Å². The smallest absolute Gasteiger partial charge is 0.234 e. The normalized spacial score (nSPS) is 13.4. The molecule has 116 valence electrons. The van der Waals surface area contributed by atoms with E-state index in [0.29, 0.717) is 19.4 Å². The van der Waals surface area contributed by atoms with Crippen LogP contribution in [0.2, 0.25) is 0 Å². The van der Waals surface area contributed by atoms with E-state index in [2.05, 4.69) is 10.3 Å². The molecule has 2 atom stereocenters. The van der Waals surface area contributed by atoms with Gasteiger partial charge in [0.2, 0.25) is 5.91 Å². The number of rotatable bonds is 8. The van der Waals surface area contributed by atoms with Gasteiger partial charge in [-0.2, -0.15) is 0 Å². The Morgan fingerprint density at radius 3 is 2.43 bits per heavy atom. The molecule has 8 N–H and O–H groups in total. The number of nitrogens with zero attached hydrogens (tertiary/aromatic N) is 1. The Morgan fingerprint density at radius 1 is 1.29 bits per heavy atom. The molecule has 0 aromatic heterocycles. The molecule has 0 radical (unpaired) electrons. The molecule has 0 fully saturated rings. The summed E-state index contributed by atoms with van der Waals surface area (Å²) in [7, 11) is 0. The van der Waals surface area contributed by atoms with Crippen LogP contribution in [0.15, 0.2) is 29.3 Å². The van der Waals surface area contributed by atoms with Crippen LogP contribution in [0.1, 0.15) is 31.4 Å². The number of phenolic OH excluding ortho intramolecular Hbond substituents is 1. The fourth-order valence-corrected chi connectivity index (χ4v) is 1.97. The van der Waals surface area contributed by atoms with E-state index in [1.165, 1.54) is 0 Å². The van der Waals surface area contributed by atoms with Crippen LogP contribution in [-0.4, -0.2) is 29.6 Å². The summed E-state index contributed by atoms with van der Waals surface area (Å²) < 4.78 is 0. The third-order valence-electron chi connectivity index (χ3n) is 3.13. The quantitative estimate of drug-likeness (QED) is 0.260. The van der Waals surface area contributed by atoms with E-state index in [1.807, 2.05) is 6.92 Å². The number of hydrogen-bond donors (Lipinski definition) is 5. The molecule has 1 aromatic carbocycles. The Balaban J connectivity index is 2.55. The summed E-state index contributed by atoms with van der Waals surface area (Å²) in [6.45, 7) is 2.39. The van der Waals surface area contributed by atoms with Gasteiger partial charge in [0.05, 0.1) is 6.04 Å². The number of nitrogens with two attached hydrogens (primary N) is 3. The van der Waals surface area contributed by atoms with E-state index in [1.54, 1.807) is 24.3 Å². The van der Waals surface area contributed by atoms with Crippen molar-refractivity contribution >= 4 is 11.9 Å². The van der Waals surface area contributed by atoms with Crippen LogP contribution in [0.4, 0.5) is 0 Å². The summed E-state index contributed by atoms with van der Waals surface area (Å²) in [5, 5.41) is 12.4. The lowest BCUT2D eigenvalue weighted by atomic mass is 10.0. The molecule has 0 spiro atoms. The first kappa shape index (κ1) is 16.8. The zero-order chi connectivity index (χ0) is 15.8. The second kappa shape index (κ2) is 8.11. The van der Waals surface area contributed by atoms with Crippen LogP contribution < -0.4 is 22.5 Å². The average Bonchev–Trinajstić information content (AvgIpc) is 2.42. The van der Waals surface area contributed by atoms with Crippen molar-refractivity contribution in [3.8, 4) is 5.75 Å². The zero-order valence-corrected chi connectivity index (χ0v) is 12.1. The molecule has 21 heavy (non-hydrogen) atoms. The molecule has 0 saturated carbocycles. The number of hydrogen-bond acceptors (Lipinski definition) is 4. The number of aliphatic imine (C=N–C) groups is 1. The summed E-state index contributed by atoms with van der Waals surface area (Å²) in [4.78, 5) is 15.4. The van der Waals surface area contributed by atoms with E-state index >= 15 is 0 Å². The van der Waals surface area contributed by atoms with Crippen molar-refractivity contribution in [2.24, 2.45) is 22.2 Å². The van der Waals surface area contributed by atoms with Crippen molar-refractivity contribution in [2.75, 3.05) is 6.54 Å². The molecule has 7 heteroatoms. The molecule has 0 bridgehead atoms. The zero-order valence-electron chi connectivity index (χ0n) is 12.1. The van der Waals surface area contributed by atoms with E-state index < -0.39 is 11.9 Å². The predicted molar refractivity (Wildman–Crippen MR) is 82.6 cm³/mol. The van der Waals surface area contributed by atoms with Crippen LogP contribution in [0.5, 0.6) is 5.75 Å². The number of carbonyl (C=O) groups is 1. The van der Waals surface area contributed by atoms with Crippen LogP contribution in [0, 0.1) is 0 Å². The maximum atomic E-state index is 11.5. The highest BCUT2D eigenvalue weighted by Crippen LogP contribution is 2.17. The molecule has 1 amide bonds. The molecular weight excluding hydrogens is 270 g/mol. The van der Waals surface area contributed by atoms with Gasteiger partial charge in [-0.3, -0.25) is 15.1 Å². The average molecular weight is 293 g/mol. The minimum atomic E-state index is -0.456.